The van der Waals surface area contributed by atoms with E-state index in [-0.39, 0.29) is 23.1 Å². The number of carbonyl (C=O) groups is 2. The molecule has 2 aromatic heterocycles. The Kier molecular flexibility index (Phi) is 7.69. The van der Waals surface area contributed by atoms with Gasteiger partial charge in [0.15, 0.2) is 10.9 Å². The lowest BCUT2D eigenvalue weighted by atomic mass is 9.99. The summed E-state index contributed by atoms with van der Waals surface area (Å²) in [5.41, 5.74) is 1.88. The molecular weight excluding hydrogens is 514 g/mol. The van der Waals surface area contributed by atoms with Crippen molar-refractivity contribution in [3.63, 3.8) is 0 Å². The van der Waals surface area contributed by atoms with E-state index in [4.69, 9.17) is 4.74 Å². The van der Waals surface area contributed by atoms with Crippen LogP contribution in [0.4, 0.5) is 15.6 Å². The highest BCUT2D eigenvalue weighted by Crippen LogP contribution is 2.27. The average molecular weight is 540 g/mol. The van der Waals surface area contributed by atoms with Gasteiger partial charge in [0.25, 0.3) is 0 Å². The molecule has 10 nitrogen and oxygen atoms in total. The number of benzene rings is 2. The largest absolute Gasteiger partial charge is 0.496 e. The van der Waals surface area contributed by atoms with Crippen LogP contribution in [0.3, 0.4) is 0 Å². The number of rotatable bonds is 9. The van der Waals surface area contributed by atoms with E-state index in [2.05, 4.69) is 20.6 Å². The number of aromatic nitrogens is 3. The molecule has 0 atom stereocenters. The standard InChI is InChI=1S/C25H25N5O5S2/c1-16-8-9-20(19(14-16)22(31)18-6-4-5-7-21(18)35-3)28-23(32)29-24-27-15-17(36-24)10-13-37(33,34)25-26-11-12-30(25)2/h4-9,11-12,14-15H,10,13H2,1-3H3,(H2,27,28,29,32). The van der Waals surface area contributed by atoms with Crippen LogP contribution in [0, 0.1) is 6.92 Å². The number of nitrogens with zero attached hydrogens (tertiary/aromatic N) is 3. The number of thiazole rings is 1. The van der Waals surface area contributed by atoms with E-state index in [1.54, 1.807) is 55.7 Å². The third-order valence-electron chi connectivity index (χ3n) is 5.47. The number of ketones is 1. The van der Waals surface area contributed by atoms with Crippen molar-refractivity contribution < 1.29 is 22.7 Å². The zero-order chi connectivity index (χ0) is 26.6. The van der Waals surface area contributed by atoms with Gasteiger partial charge >= 0.3 is 6.03 Å². The number of methoxy groups -OCH3 is 1. The summed E-state index contributed by atoms with van der Waals surface area (Å²) in [5.74, 6) is 0.00951. The summed E-state index contributed by atoms with van der Waals surface area (Å²) >= 11 is 1.17. The number of imidazole rings is 1. The first kappa shape index (κ1) is 26.0. The monoisotopic (exact) mass is 539 g/mol. The molecule has 0 bridgehead atoms. The maximum atomic E-state index is 13.3. The molecule has 0 fully saturated rings. The molecule has 0 aliphatic rings. The fraction of sp³-hybridized carbons (Fsp3) is 0.200. The Morgan fingerprint density at radius 1 is 1.08 bits per heavy atom. The number of amides is 2. The summed E-state index contributed by atoms with van der Waals surface area (Å²) in [6.07, 6.45) is 4.76. The average Bonchev–Trinajstić information content (AvgIpc) is 3.52. The Morgan fingerprint density at radius 3 is 2.59 bits per heavy atom. The summed E-state index contributed by atoms with van der Waals surface area (Å²) in [5, 5.41) is 5.66. The molecule has 0 aliphatic heterocycles. The van der Waals surface area contributed by atoms with E-state index in [1.165, 1.54) is 35.4 Å². The van der Waals surface area contributed by atoms with Gasteiger partial charge in [0.05, 0.1) is 24.1 Å². The van der Waals surface area contributed by atoms with Crippen molar-refractivity contribution in [3.05, 3.63) is 82.6 Å². The number of nitrogens with one attached hydrogen (secondary N) is 2. The first-order chi connectivity index (χ1) is 17.7. The highest BCUT2D eigenvalue weighted by atomic mass is 32.2. The summed E-state index contributed by atoms with van der Waals surface area (Å²) < 4.78 is 31.8. The first-order valence-electron chi connectivity index (χ1n) is 11.2. The molecule has 37 heavy (non-hydrogen) atoms. The Bertz CT molecular complexity index is 1560. The van der Waals surface area contributed by atoms with Crippen LogP contribution in [0.5, 0.6) is 5.75 Å². The zero-order valence-electron chi connectivity index (χ0n) is 20.4. The van der Waals surface area contributed by atoms with Crippen LogP contribution in [-0.4, -0.2) is 47.6 Å². The van der Waals surface area contributed by atoms with Gasteiger partial charge in [-0.25, -0.2) is 23.2 Å². The topological polar surface area (TPSA) is 132 Å². The fourth-order valence-corrected chi connectivity index (χ4v) is 5.97. The second-order valence-electron chi connectivity index (χ2n) is 8.18. The van der Waals surface area contributed by atoms with E-state index >= 15 is 0 Å². The van der Waals surface area contributed by atoms with Crippen LogP contribution >= 0.6 is 11.3 Å². The highest BCUT2D eigenvalue weighted by molar-refractivity contribution is 7.91. The summed E-state index contributed by atoms with van der Waals surface area (Å²) in [7, 11) is -0.442. The predicted molar refractivity (Wildman–Crippen MR) is 141 cm³/mol. The number of ether oxygens (including phenoxy) is 1. The van der Waals surface area contributed by atoms with Crippen molar-refractivity contribution in [1.82, 2.24) is 14.5 Å². The van der Waals surface area contributed by atoms with Crippen molar-refractivity contribution in [2.45, 2.75) is 18.5 Å². The van der Waals surface area contributed by atoms with Gasteiger partial charge in [-0.05, 0) is 37.6 Å². The minimum Gasteiger partial charge on any atom is -0.496 e. The summed E-state index contributed by atoms with van der Waals surface area (Å²) in [6, 6.07) is 11.4. The van der Waals surface area contributed by atoms with Crippen LogP contribution in [0.2, 0.25) is 0 Å². The minimum absolute atomic E-state index is 0.00585. The fourth-order valence-electron chi connectivity index (χ4n) is 3.64. The van der Waals surface area contributed by atoms with Gasteiger partial charge in [0.2, 0.25) is 15.0 Å². The first-order valence-corrected chi connectivity index (χ1v) is 13.7. The van der Waals surface area contributed by atoms with Crippen molar-refractivity contribution in [2.24, 2.45) is 7.05 Å². The lowest BCUT2D eigenvalue weighted by molar-refractivity contribution is 0.103. The maximum absolute atomic E-state index is 13.3. The van der Waals surface area contributed by atoms with Gasteiger partial charge in [0, 0.05) is 36.1 Å². The Balaban J connectivity index is 1.44. The molecule has 4 rings (SSSR count). The lowest BCUT2D eigenvalue weighted by Crippen LogP contribution is -2.21. The molecule has 2 amide bonds. The van der Waals surface area contributed by atoms with Crippen LogP contribution < -0.4 is 15.4 Å². The van der Waals surface area contributed by atoms with E-state index in [0.717, 1.165) is 5.56 Å². The number of carbonyl (C=O) groups excluding carboxylic acids is 2. The molecule has 0 saturated heterocycles. The van der Waals surface area contributed by atoms with Gasteiger partial charge in [-0.1, -0.05) is 23.8 Å². The van der Waals surface area contributed by atoms with Gasteiger partial charge in [-0.15, -0.1) is 11.3 Å². The Morgan fingerprint density at radius 2 is 1.86 bits per heavy atom. The molecule has 0 aliphatic carbocycles. The van der Waals surface area contributed by atoms with Crippen molar-refractivity contribution >= 4 is 43.8 Å². The van der Waals surface area contributed by atoms with Crippen LogP contribution in [-0.2, 0) is 23.3 Å². The van der Waals surface area contributed by atoms with E-state index in [9.17, 15) is 18.0 Å². The number of hydrogen-bond acceptors (Lipinski definition) is 8. The van der Waals surface area contributed by atoms with E-state index in [0.29, 0.717) is 32.6 Å². The van der Waals surface area contributed by atoms with E-state index < -0.39 is 15.9 Å². The SMILES string of the molecule is COc1ccccc1C(=O)c1cc(C)ccc1NC(=O)Nc1ncc(CCS(=O)(=O)c2nccn2C)s1. The van der Waals surface area contributed by atoms with Crippen LogP contribution in [0.25, 0.3) is 0 Å². The molecule has 2 N–H and O–H groups in total. The smallest absolute Gasteiger partial charge is 0.325 e. The quantitative estimate of drug-likeness (QED) is 0.306. The number of anilines is 2. The molecule has 0 unspecified atom stereocenters. The molecule has 0 saturated carbocycles. The Labute approximate surface area is 218 Å². The number of para-hydroxylation sites is 1. The summed E-state index contributed by atoms with van der Waals surface area (Å²) in [4.78, 5) is 34.8. The van der Waals surface area contributed by atoms with Gasteiger partial charge in [0.1, 0.15) is 5.75 Å². The van der Waals surface area contributed by atoms with Gasteiger partial charge in [-0.2, -0.15) is 0 Å². The summed E-state index contributed by atoms with van der Waals surface area (Å²) in [6.45, 7) is 1.86. The van der Waals surface area contributed by atoms with E-state index in [1.807, 2.05) is 6.92 Å². The number of hydrogen-bond donors (Lipinski definition) is 2. The van der Waals surface area contributed by atoms with Gasteiger partial charge in [-0.3, -0.25) is 10.1 Å². The molecule has 2 aromatic carbocycles. The van der Waals surface area contributed by atoms with Crippen LogP contribution in [0.1, 0.15) is 26.4 Å². The molecule has 12 heteroatoms. The second-order valence-corrected chi connectivity index (χ2v) is 11.3. The normalized spacial score (nSPS) is 11.2. The molecule has 4 aromatic rings. The van der Waals surface area contributed by atoms with Gasteiger partial charge < -0.3 is 14.6 Å². The molecule has 192 valence electrons. The maximum Gasteiger partial charge on any atom is 0.325 e. The third-order valence-corrected chi connectivity index (χ3v) is 8.13. The highest BCUT2D eigenvalue weighted by Gasteiger charge is 2.21. The second kappa shape index (κ2) is 10.9. The van der Waals surface area contributed by atoms with Crippen molar-refractivity contribution in [3.8, 4) is 5.75 Å². The number of urea groups is 1. The molecule has 0 spiro atoms. The third kappa shape index (κ3) is 6.04. The molecular formula is C25H25N5O5S2. The minimum atomic E-state index is -3.55. The molecule has 2 heterocycles. The lowest BCUT2D eigenvalue weighted by Gasteiger charge is -2.13. The number of aryl methyl sites for hydroxylation is 3. The molecule has 0 radical (unpaired) electrons. The van der Waals surface area contributed by atoms with Crippen LogP contribution in [0.15, 0.2) is 66.2 Å². The van der Waals surface area contributed by atoms with Crippen molar-refractivity contribution in [2.75, 3.05) is 23.5 Å². The van der Waals surface area contributed by atoms with Crippen molar-refractivity contribution in [1.29, 1.82) is 0 Å². The predicted octanol–water partition coefficient (Wildman–Crippen LogP) is 4.09. The number of sulfone groups is 1. The zero-order valence-corrected chi connectivity index (χ0v) is 22.0. The Hall–Kier alpha value is -4.03.